The van der Waals surface area contributed by atoms with E-state index >= 15 is 0 Å². The van der Waals surface area contributed by atoms with Crippen LogP contribution in [-0.4, -0.2) is 31.3 Å². The normalized spacial score (nSPS) is 11.7. The highest BCUT2D eigenvalue weighted by atomic mass is 16.1. The molecule has 0 unspecified atom stereocenters. The van der Waals surface area contributed by atoms with Crippen molar-refractivity contribution in [1.29, 1.82) is 0 Å². The van der Waals surface area contributed by atoms with Crippen LogP contribution in [0, 0.1) is 6.92 Å². The summed E-state index contributed by atoms with van der Waals surface area (Å²) in [6.07, 6.45) is 1.98. The average molecular weight is 279 g/mol. The number of hydrogen-bond donors (Lipinski definition) is 0. The van der Waals surface area contributed by atoms with Gasteiger partial charge in [0, 0.05) is 17.7 Å². The van der Waals surface area contributed by atoms with Gasteiger partial charge in [0.2, 0.25) is 0 Å². The molecule has 2 rings (SSSR count). The van der Waals surface area contributed by atoms with E-state index in [2.05, 4.69) is 19.1 Å². The minimum Gasteiger partial charge on any atom is -0.305 e. The molecule has 0 atom stereocenters. The fourth-order valence-corrected chi connectivity index (χ4v) is 2.16. The van der Waals surface area contributed by atoms with Crippen LogP contribution < -0.4 is 0 Å². The van der Waals surface area contributed by atoms with Crippen LogP contribution in [0.5, 0.6) is 0 Å². The van der Waals surface area contributed by atoms with Crippen LogP contribution in [0.2, 0.25) is 0 Å². The second-order valence-corrected chi connectivity index (χ2v) is 5.51. The summed E-state index contributed by atoms with van der Waals surface area (Å²) in [5.41, 5.74) is 3.81. The van der Waals surface area contributed by atoms with Crippen molar-refractivity contribution in [2.24, 2.45) is 0 Å². The van der Waals surface area contributed by atoms with Gasteiger partial charge in [0.25, 0.3) is 0 Å². The van der Waals surface area contributed by atoms with E-state index < -0.39 is 0 Å². The van der Waals surface area contributed by atoms with Crippen molar-refractivity contribution in [2.45, 2.75) is 6.92 Å². The Morgan fingerprint density at radius 2 is 1.62 bits per heavy atom. The molecule has 0 amide bonds. The molecule has 0 N–H and O–H groups in total. The fraction of sp³-hybridized carbons (Fsp3) is 0.211. The zero-order valence-electron chi connectivity index (χ0n) is 12.8. The zero-order valence-corrected chi connectivity index (χ0v) is 12.8. The lowest BCUT2D eigenvalue weighted by atomic mass is 10.0. The lowest BCUT2D eigenvalue weighted by Gasteiger charge is -2.13. The molecule has 0 aromatic heterocycles. The molecule has 21 heavy (non-hydrogen) atoms. The summed E-state index contributed by atoms with van der Waals surface area (Å²) in [6, 6.07) is 17.7. The molecule has 0 saturated heterocycles. The van der Waals surface area contributed by atoms with Gasteiger partial charge in [-0.25, -0.2) is 0 Å². The zero-order chi connectivity index (χ0) is 15.2. The number of hydrogen-bond acceptors (Lipinski definition) is 2. The first-order valence-electron chi connectivity index (χ1n) is 7.08. The van der Waals surface area contributed by atoms with Crippen LogP contribution in [0.3, 0.4) is 0 Å². The largest absolute Gasteiger partial charge is 0.305 e. The van der Waals surface area contributed by atoms with E-state index in [4.69, 9.17) is 0 Å². The number of nitrogens with zero attached hydrogens (tertiary/aromatic N) is 1. The molecular formula is C19H21NO. The highest BCUT2D eigenvalue weighted by Gasteiger charge is 2.12. The van der Waals surface area contributed by atoms with Gasteiger partial charge in [0.1, 0.15) is 0 Å². The minimum atomic E-state index is 0.0878. The quantitative estimate of drug-likeness (QED) is 0.612. The Kier molecular flexibility index (Phi) is 5.07. The number of carbonyl (C=O) groups excluding carboxylic acids is 1. The summed E-state index contributed by atoms with van der Waals surface area (Å²) in [5.74, 6) is 0.0878. The molecule has 0 bridgehead atoms. The Morgan fingerprint density at radius 1 is 1.00 bits per heavy atom. The third-order valence-electron chi connectivity index (χ3n) is 3.23. The lowest BCUT2D eigenvalue weighted by molar-refractivity contribution is 0.102. The predicted octanol–water partition coefficient (Wildman–Crippen LogP) is 3.82. The number of aryl methyl sites for hydroxylation is 1. The highest BCUT2D eigenvalue weighted by molar-refractivity contribution is 6.11. The van der Waals surface area contributed by atoms with E-state index in [0.717, 1.165) is 16.7 Å². The van der Waals surface area contributed by atoms with Crippen LogP contribution in [-0.2, 0) is 0 Å². The first-order chi connectivity index (χ1) is 10.1. The number of Topliss-reactive ketones (excluding diaryl/α,β-unsaturated/α-hetero) is 1. The fourth-order valence-electron chi connectivity index (χ4n) is 2.16. The van der Waals surface area contributed by atoms with Crippen molar-refractivity contribution in [1.82, 2.24) is 4.90 Å². The monoisotopic (exact) mass is 279 g/mol. The van der Waals surface area contributed by atoms with Crippen LogP contribution in [0.15, 0.2) is 60.2 Å². The molecular weight excluding hydrogens is 258 g/mol. The summed E-state index contributed by atoms with van der Waals surface area (Å²) in [6.45, 7) is 2.69. The van der Waals surface area contributed by atoms with Crippen LogP contribution >= 0.6 is 0 Å². The van der Waals surface area contributed by atoms with Gasteiger partial charge >= 0.3 is 0 Å². The van der Waals surface area contributed by atoms with Crippen molar-refractivity contribution in [3.05, 3.63) is 76.9 Å². The number of rotatable bonds is 5. The highest BCUT2D eigenvalue weighted by Crippen LogP contribution is 2.14. The Balaban J connectivity index is 2.34. The molecule has 0 fully saturated rings. The maximum Gasteiger partial charge on any atom is 0.190 e. The smallest absolute Gasteiger partial charge is 0.190 e. The van der Waals surface area contributed by atoms with Crippen LogP contribution in [0.4, 0.5) is 0 Å². The van der Waals surface area contributed by atoms with E-state index in [1.165, 1.54) is 5.56 Å². The van der Waals surface area contributed by atoms with Crippen molar-refractivity contribution in [3.8, 4) is 0 Å². The van der Waals surface area contributed by atoms with Gasteiger partial charge in [0.15, 0.2) is 5.78 Å². The predicted molar refractivity (Wildman–Crippen MR) is 88.5 cm³/mol. The summed E-state index contributed by atoms with van der Waals surface area (Å²) < 4.78 is 0. The van der Waals surface area contributed by atoms with Gasteiger partial charge in [-0.1, -0.05) is 60.2 Å². The van der Waals surface area contributed by atoms with Gasteiger partial charge in [-0.3, -0.25) is 4.79 Å². The molecule has 0 saturated carbocycles. The first kappa shape index (κ1) is 15.2. The standard InChI is InChI=1S/C19H21NO/c1-15-9-11-16(12-10-15)13-18(14-20(2)3)19(21)17-7-5-4-6-8-17/h4-13H,14H2,1-3H3/b18-13+. The first-order valence-corrected chi connectivity index (χ1v) is 7.08. The number of likely N-dealkylation sites (N-methyl/N-ethyl adjacent to an activating group) is 1. The molecule has 0 aliphatic carbocycles. The Hall–Kier alpha value is -2.19. The molecule has 2 heteroatoms. The maximum atomic E-state index is 12.7. The van der Waals surface area contributed by atoms with Gasteiger partial charge in [-0.05, 0) is 32.7 Å². The molecule has 2 aromatic carbocycles. The van der Waals surface area contributed by atoms with E-state index in [9.17, 15) is 4.79 Å². The summed E-state index contributed by atoms with van der Waals surface area (Å²) in [7, 11) is 3.95. The average Bonchev–Trinajstić information content (AvgIpc) is 2.48. The topological polar surface area (TPSA) is 20.3 Å². The summed E-state index contributed by atoms with van der Waals surface area (Å²) >= 11 is 0. The molecule has 0 radical (unpaired) electrons. The third-order valence-corrected chi connectivity index (χ3v) is 3.23. The number of benzene rings is 2. The second kappa shape index (κ2) is 7.00. The second-order valence-electron chi connectivity index (χ2n) is 5.51. The number of carbonyl (C=O) groups is 1. The Bertz CT molecular complexity index is 624. The van der Waals surface area contributed by atoms with Gasteiger partial charge < -0.3 is 4.90 Å². The molecule has 0 spiro atoms. The molecule has 0 heterocycles. The van der Waals surface area contributed by atoms with E-state index in [0.29, 0.717) is 6.54 Å². The summed E-state index contributed by atoms with van der Waals surface area (Å²) in [4.78, 5) is 14.7. The summed E-state index contributed by atoms with van der Waals surface area (Å²) in [5, 5.41) is 0. The lowest BCUT2D eigenvalue weighted by Crippen LogP contribution is -2.20. The molecule has 2 nitrogen and oxygen atoms in total. The molecule has 108 valence electrons. The SMILES string of the molecule is Cc1ccc(/C=C(\CN(C)C)C(=O)c2ccccc2)cc1. The third kappa shape index (κ3) is 4.40. The van der Waals surface area contributed by atoms with Gasteiger partial charge in [0.05, 0.1) is 0 Å². The maximum absolute atomic E-state index is 12.7. The van der Waals surface area contributed by atoms with Crippen LogP contribution in [0.25, 0.3) is 6.08 Å². The molecule has 0 aliphatic rings. The molecule has 0 aliphatic heterocycles. The van der Waals surface area contributed by atoms with E-state index in [1.54, 1.807) is 0 Å². The van der Waals surface area contributed by atoms with Crippen molar-refractivity contribution < 1.29 is 4.79 Å². The Morgan fingerprint density at radius 3 is 2.19 bits per heavy atom. The Labute approximate surface area is 126 Å². The number of ketones is 1. The van der Waals surface area contributed by atoms with Gasteiger partial charge in [-0.2, -0.15) is 0 Å². The van der Waals surface area contributed by atoms with Crippen LogP contribution in [0.1, 0.15) is 21.5 Å². The van der Waals surface area contributed by atoms with Crippen molar-refractivity contribution >= 4 is 11.9 Å². The van der Waals surface area contributed by atoms with E-state index in [-0.39, 0.29) is 5.78 Å². The van der Waals surface area contributed by atoms with Crippen molar-refractivity contribution in [3.63, 3.8) is 0 Å². The molecule has 2 aromatic rings. The van der Waals surface area contributed by atoms with Crippen molar-refractivity contribution in [2.75, 3.05) is 20.6 Å². The minimum absolute atomic E-state index is 0.0878. The van der Waals surface area contributed by atoms with Gasteiger partial charge in [-0.15, -0.1) is 0 Å². The van der Waals surface area contributed by atoms with E-state index in [1.807, 2.05) is 67.5 Å².